The van der Waals surface area contributed by atoms with Crippen molar-refractivity contribution in [3.63, 3.8) is 0 Å². The first-order valence-corrected chi connectivity index (χ1v) is 5.71. The summed E-state index contributed by atoms with van der Waals surface area (Å²) >= 11 is 0. The smallest absolute Gasteiger partial charge is 0.254 e. The summed E-state index contributed by atoms with van der Waals surface area (Å²) in [5.41, 5.74) is 6.01. The molecule has 0 radical (unpaired) electrons. The molecule has 5 heteroatoms. The first kappa shape index (κ1) is 13.6. The highest BCUT2D eigenvalue weighted by Gasteiger charge is 2.25. The second-order valence-corrected chi connectivity index (χ2v) is 5.10. The summed E-state index contributed by atoms with van der Waals surface area (Å²) in [6.45, 7) is 6.78. The summed E-state index contributed by atoms with van der Waals surface area (Å²) in [6.07, 6.45) is 5.16. The Labute approximate surface area is 102 Å². The molecule has 0 aliphatic rings. The van der Waals surface area contributed by atoms with Crippen LogP contribution in [0.1, 0.15) is 37.6 Å². The highest BCUT2D eigenvalue weighted by molar-refractivity contribution is 5.93. The highest BCUT2D eigenvalue weighted by atomic mass is 16.1. The maximum atomic E-state index is 11.9. The second kappa shape index (κ2) is 5.72. The Balaban J connectivity index is 2.71. The molecule has 1 unspecified atom stereocenters. The minimum atomic E-state index is -0.154. The summed E-state index contributed by atoms with van der Waals surface area (Å²) < 4.78 is 0. The summed E-state index contributed by atoms with van der Waals surface area (Å²) in [5.74, 6) is -0.154. The van der Waals surface area contributed by atoms with Gasteiger partial charge < -0.3 is 11.1 Å². The molecule has 0 fully saturated rings. The molecule has 1 aromatic heterocycles. The summed E-state index contributed by atoms with van der Waals surface area (Å²) in [6, 6.07) is 0.0419. The quantitative estimate of drug-likeness (QED) is 0.816. The van der Waals surface area contributed by atoms with Crippen molar-refractivity contribution < 1.29 is 4.79 Å². The van der Waals surface area contributed by atoms with E-state index in [0.717, 1.165) is 6.42 Å². The Morgan fingerprint density at radius 1 is 1.41 bits per heavy atom. The van der Waals surface area contributed by atoms with Crippen LogP contribution in [-0.4, -0.2) is 28.5 Å². The molecule has 0 saturated carbocycles. The standard InChI is InChI=1S/C12H20N4O/c1-12(2,3)10(4-5-13)16-11(17)9-6-14-8-15-7-9/h6-8,10H,4-5,13H2,1-3H3,(H,16,17). The van der Waals surface area contributed by atoms with Crippen LogP contribution in [0.15, 0.2) is 18.7 Å². The van der Waals surface area contributed by atoms with Gasteiger partial charge in [-0.3, -0.25) is 4.79 Å². The molecule has 1 rings (SSSR count). The van der Waals surface area contributed by atoms with E-state index in [1.807, 2.05) is 0 Å². The fraction of sp³-hybridized carbons (Fsp3) is 0.583. The average molecular weight is 236 g/mol. The SMILES string of the molecule is CC(C)(C)C(CCN)NC(=O)c1cncnc1. The van der Waals surface area contributed by atoms with E-state index in [4.69, 9.17) is 5.73 Å². The number of aromatic nitrogens is 2. The Bertz CT molecular complexity index is 359. The van der Waals surface area contributed by atoms with E-state index >= 15 is 0 Å². The second-order valence-electron chi connectivity index (χ2n) is 5.10. The summed E-state index contributed by atoms with van der Waals surface area (Å²) in [5, 5.41) is 2.98. The predicted octanol–water partition coefficient (Wildman–Crippen LogP) is 0.970. The van der Waals surface area contributed by atoms with Crippen LogP contribution in [0.5, 0.6) is 0 Å². The topological polar surface area (TPSA) is 80.9 Å². The average Bonchev–Trinajstić information content (AvgIpc) is 2.28. The molecule has 5 nitrogen and oxygen atoms in total. The summed E-state index contributed by atoms with van der Waals surface area (Å²) in [4.78, 5) is 19.6. The highest BCUT2D eigenvalue weighted by Crippen LogP contribution is 2.21. The van der Waals surface area contributed by atoms with E-state index in [1.165, 1.54) is 18.7 Å². The lowest BCUT2D eigenvalue weighted by Gasteiger charge is -2.31. The van der Waals surface area contributed by atoms with Gasteiger partial charge in [-0.2, -0.15) is 0 Å². The molecule has 1 atom stereocenters. The van der Waals surface area contributed by atoms with Crippen molar-refractivity contribution in [2.75, 3.05) is 6.54 Å². The zero-order chi connectivity index (χ0) is 12.9. The minimum Gasteiger partial charge on any atom is -0.349 e. The maximum absolute atomic E-state index is 11.9. The van der Waals surface area contributed by atoms with Gasteiger partial charge in [-0.25, -0.2) is 9.97 Å². The van der Waals surface area contributed by atoms with Crippen LogP contribution in [0.3, 0.4) is 0 Å². The van der Waals surface area contributed by atoms with Gasteiger partial charge in [0.05, 0.1) is 5.56 Å². The van der Waals surface area contributed by atoms with E-state index in [1.54, 1.807) is 0 Å². The fourth-order valence-electron chi connectivity index (χ4n) is 1.55. The third-order valence-electron chi connectivity index (χ3n) is 2.63. The lowest BCUT2D eigenvalue weighted by molar-refractivity contribution is 0.0898. The number of nitrogens with one attached hydrogen (secondary N) is 1. The van der Waals surface area contributed by atoms with E-state index < -0.39 is 0 Å². The molecule has 1 aromatic rings. The number of amides is 1. The zero-order valence-electron chi connectivity index (χ0n) is 10.6. The van der Waals surface area contributed by atoms with Crippen molar-refractivity contribution >= 4 is 5.91 Å². The first-order valence-electron chi connectivity index (χ1n) is 5.71. The van der Waals surface area contributed by atoms with E-state index in [2.05, 4.69) is 36.1 Å². The molecule has 0 aromatic carbocycles. The Hall–Kier alpha value is -1.49. The van der Waals surface area contributed by atoms with Gasteiger partial charge in [-0.1, -0.05) is 20.8 Å². The van der Waals surface area contributed by atoms with E-state index in [-0.39, 0.29) is 17.4 Å². The predicted molar refractivity (Wildman–Crippen MR) is 66.4 cm³/mol. The molecule has 1 amide bonds. The number of hydrogen-bond acceptors (Lipinski definition) is 4. The van der Waals surface area contributed by atoms with Crippen LogP contribution in [-0.2, 0) is 0 Å². The van der Waals surface area contributed by atoms with Crippen LogP contribution in [0.4, 0.5) is 0 Å². The molecular weight excluding hydrogens is 216 g/mol. The Morgan fingerprint density at radius 2 is 2.00 bits per heavy atom. The Morgan fingerprint density at radius 3 is 2.47 bits per heavy atom. The van der Waals surface area contributed by atoms with E-state index in [9.17, 15) is 4.79 Å². The lowest BCUT2D eigenvalue weighted by atomic mass is 9.84. The molecule has 1 heterocycles. The molecule has 0 spiro atoms. The van der Waals surface area contributed by atoms with Gasteiger partial charge in [0.15, 0.2) is 0 Å². The Kier molecular flexibility index (Phi) is 4.57. The van der Waals surface area contributed by atoms with Crippen LogP contribution < -0.4 is 11.1 Å². The van der Waals surface area contributed by atoms with Gasteiger partial charge >= 0.3 is 0 Å². The molecule has 0 aliphatic carbocycles. The van der Waals surface area contributed by atoms with Gasteiger partial charge in [0.1, 0.15) is 6.33 Å². The minimum absolute atomic E-state index is 0.0231. The summed E-state index contributed by atoms with van der Waals surface area (Å²) in [7, 11) is 0. The van der Waals surface area contributed by atoms with Crippen LogP contribution in [0.25, 0.3) is 0 Å². The molecule has 0 saturated heterocycles. The van der Waals surface area contributed by atoms with E-state index in [0.29, 0.717) is 12.1 Å². The van der Waals surface area contributed by atoms with Gasteiger partial charge in [0.25, 0.3) is 5.91 Å². The van der Waals surface area contributed by atoms with Crippen molar-refractivity contribution in [1.82, 2.24) is 15.3 Å². The number of nitrogens with two attached hydrogens (primary N) is 1. The number of carbonyl (C=O) groups excluding carboxylic acids is 1. The van der Waals surface area contributed by atoms with Crippen LogP contribution in [0.2, 0.25) is 0 Å². The molecular formula is C12H20N4O. The van der Waals surface area contributed by atoms with Crippen molar-refractivity contribution in [3.8, 4) is 0 Å². The molecule has 94 valence electrons. The third-order valence-corrected chi connectivity index (χ3v) is 2.63. The third kappa shape index (κ3) is 4.11. The maximum Gasteiger partial charge on any atom is 0.254 e. The largest absolute Gasteiger partial charge is 0.349 e. The number of carbonyl (C=O) groups is 1. The monoisotopic (exact) mass is 236 g/mol. The number of rotatable bonds is 4. The molecule has 0 aliphatic heterocycles. The van der Waals surface area contributed by atoms with Gasteiger partial charge in [0, 0.05) is 18.4 Å². The normalized spacial score (nSPS) is 13.2. The molecule has 0 bridgehead atoms. The molecule has 3 N–H and O–H groups in total. The fourth-order valence-corrected chi connectivity index (χ4v) is 1.55. The van der Waals surface area contributed by atoms with Gasteiger partial charge in [-0.15, -0.1) is 0 Å². The zero-order valence-corrected chi connectivity index (χ0v) is 10.6. The van der Waals surface area contributed by atoms with Crippen LogP contribution in [0, 0.1) is 5.41 Å². The van der Waals surface area contributed by atoms with Crippen LogP contribution >= 0.6 is 0 Å². The van der Waals surface area contributed by atoms with Crippen molar-refractivity contribution in [1.29, 1.82) is 0 Å². The van der Waals surface area contributed by atoms with Crippen molar-refractivity contribution in [2.45, 2.75) is 33.2 Å². The van der Waals surface area contributed by atoms with Crippen molar-refractivity contribution in [3.05, 3.63) is 24.3 Å². The lowest BCUT2D eigenvalue weighted by Crippen LogP contribution is -2.44. The number of hydrogen-bond donors (Lipinski definition) is 2. The van der Waals surface area contributed by atoms with Crippen molar-refractivity contribution in [2.24, 2.45) is 11.1 Å². The number of nitrogens with zero attached hydrogens (tertiary/aromatic N) is 2. The first-order chi connectivity index (χ1) is 7.95. The molecule has 17 heavy (non-hydrogen) atoms. The van der Waals surface area contributed by atoms with Gasteiger partial charge in [0.2, 0.25) is 0 Å². The van der Waals surface area contributed by atoms with Gasteiger partial charge in [-0.05, 0) is 18.4 Å².